The molecule has 0 aliphatic rings. The van der Waals surface area contributed by atoms with E-state index in [2.05, 4.69) is 5.32 Å². The normalized spacial score (nSPS) is 11.7. The molecule has 0 saturated heterocycles. The number of nitrogens with zero attached hydrogens (tertiary/aromatic N) is 1. The maximum Gasteiger partial charge on any atom is 0.148 e. The third-order valence-electron chi connectivity index (χ3n) is 3.20. The van der Waals surface area contributed by atoms with Crippen molar-refractivity contribution in [1.82, 2.24) is 5.32 Å². The number of para-hydroxylation sites is 1. The largest absolute Gasteiger partial charge is 0.456 e. The van der Waals surface area contributed by atoms with Crippen LogP contribution in [-0.2, 0) is 0 Å². The van der Waals surface area contributed by atoms with Gasteiger partial charge in [-0.3, -0.25) is 0 Å². The first-order valence-corrected chi connectivity index (χ1v) is 6.86. The van der Waals surface area contributed by atoms with Gasteiger partial charge in [-0.1, -0.05) is 31.2 Å². The van der Waals surface area contributed by atoms with Crippen LogP contribution in [0.2, 0.25) is 0 Å². The Kier molecular flexibility index (Phi) is 4.91. The molecule has 0 bridgehead atoms. The van der Waals surface area contributed by atoms with Crippen LogP contribution < -0.4 is 10.1 Å². The van der Waals surface area contributed by atoms with Gasteiger partial charge in [0.15, 0.2) is 0 Å². The molecule has 2 aromatic rings. The van der Waals surface area contributed by atoms with Gasteiger partial charge in [-0.15, -0.1) is 0 Å². The Morgan fingerprint density at radius 1 is 1.19 bits per heavy atom. The lowest BCUT2D eigenvalue weighted by molar-refractivity contribution is 0.457. The van der Waals surface area contributed by atoms with Crippen molar-refractivity contribution in [3.8, 4) is 17.6 Å². The Balaban J connectivity index is 2.37. The van der Waals surface area contributed by atoms with Crippen LogP contribution in [0, 0.1) is 17.1 Å². The second-order valence-corrected chi connectivity index (χ2v) is 4.64. The van der Waals surface area contributed by atoms with Crippen LogP contribution in [0.1, 0.15) is 31.0 Å². The maximum atomic E-state index is 13.6. The lowest BCUT2D eigenvalue weighted by Crippen LogP contribution is -2.18. The molecule has 0 aromatic heterocycles. The molecule has 0 radical (unpaired) electrons. The summed E-state index contributed by atoms with van der Waals surface area (Å²) in [5.41, 5.74) is 0.885. The Hall–Kier alpha value is -2.38. The van der Waals surface area contributed by atoms with E-state index in [9.17, 15) is 4.39 Å². The molecule has 0 heterocycles. The molecule has 3 nitrogen and oxygen atoms in total. The number of hydrogen-bond acceptors (Lipinski definition) is 3. The van der Waals surface area contributed by atoms with Gasteiger partial charge in [0.1, 0.15) is 28.9 Å². The van der Waals surface area contributed by atoms with Crippen molar-refractivity contribution in [2.45, 2.75) is 19.9 Å². The van der Waals surface area contributed by atoms with E-state index in [0.29, 0.717) is 5.75 Å². The zero-order chi connectivity index (χ0) is 15.2. The summed E-state index contributed by atoms with van der Waals surface area (Å²) < 4.78 is 19.4. The summed E-state index contributed by atoms with van der Waals surface area (Å²) in [6.07, 6.45) is 0. The number of nitriles is 1. The smallest absolute Gasteiger partial charge is 0.148 e. The molecular formula is C17H17FN2O. The number of hydrogen-bond donors (Lipinski definition) is 1. The first-order chi connectivity index (χ1) is 10.2. The highest BCUT2D eigenvalue weighted by Crippen LogP contribution is 2.31. The van der Waals surface area contributed by atoms with Crippen molar-refractivity contribution in [1.29, 1.82) is 5.26 Å². The number of benzene rings is 2. The minimum Gasteiger partial charge on any atom is -0.456 e. The fourth-order valence-electron chi connectivity index (χ4n) is 2.16. The molecule has 0 aliphatic heterocycles. The fraction of sp³-hybridized carbons (Fsp3) is 0.235. The second-order valence-electron chi connectivity index (χ2n) is 4.64. The quantitative estimate of drug-likeness (QED) is 0.896. The zero-order valence-corrected chi connectivity index (χ0v) is 12.1. The van der Waals surface area contributed by atoms with E-state index in [4.69, 9.17) is 10.00 Å². The van der Waals surface area contributed by atoms with Gasteiger partial charge in [0.25, 0.3) is 0 Å². The summed E-state index contributed by atoms with van der Waals surface area (Å²) in [6, 6.07) is 13.9. The van der Waals surface area contributed by atoms with Gasteiger partial charge >= 0.3 is 0 Å². The molecule has 108 valence electrons. The Morgan fingerprint density at radius 2 is 1.90 bits per heavy atom. The van der Waals surface area contributed by atoms with Gasteiger partial charge in [0.2, 0.25) is 0 Å². The van der Waals surface area contributed by atoms with E-state index in [1.807, 2.05) is 44.2 Å². The molecule has 1 unspecified atom stereocenters. The third-order valence-corrected chi connectivity index (χ3v) is 3.20. The van der Waals surface area contributed by atoms with Gasteiger partial charge < -0.3 is 10.1 Å². The number of nitrogens with one attached hydrogen (secondary N) is 1. The SMILES string of the molecule is CCNC(C)c1ccccc1Oc1cccc(F)c1C#N. The fourth-order valence-corrected chi connectivity index (χ4v) is 2.16. The van der Waals surface area contributed by atoms with Crippen molar-refractivity contribution >= 4 is 0 Å². The topological polar surface area (TPSA) is 45.0 Å². The Morgan fingerprint density at radius 3 is 2.62 bits per heavy atom. The lowest BCUT2D eigenvalue weighted by Gasteiger charge is -2.17. The molecule has 21 heavy (non-hydrogen) atoms. The number of ether oxygens (including phenoxy) is 1. The molecule has 1 atom stereocenters. The van der Waals surface area contributed by atoms with Crippen LogP contribution in [0.3, 0.4) is 0 Å². The predicted octanol–water partition coefficient (Wildman–Crippen LogP) is 4.16. The van der Waals surface area contributed by atoms with E-state index in [1.165, 1.54) is 12.1 Å². The summed E-state index contributed by atoms with van der Waals surface area (Å²) in [5.74, 6) is 0.272. The van der Waals surface area contributed by atoms with E-state index >= 15 is 0 Å². The summed E-state index contributed by atoms with van der Waals surface area (Å²) in [7, 11) is 0. The number of halogens is 1. The predicted molar refractivity (Wildman–Crippen MR) is 79.7 cm³/mol. The molecule has 0 saturated carbocycles. The van der Waals surface area contributed by atoms with Crippen LogP contribution in [0.25, 0.3) is 0 Å². The minimum absolute atomic E-state index is 0.0802. The summed E-state index contributed by atoms with van der Waals surface area (Å²) in [4.78, 5) is 0. The molecule has 2 rings (SSSR count). The van der Waals surface area contributed by atoms with Crippen molar-refractivity contribution in [2.75, 3.05) is 6.54 Å². The van der Waals surface area contributed by atoms with Crippen molar-refractivity contribution < 1.29 is 9.13 Å². The van der Waals surface area contributed by atoms with Crippen molar-refractivity contribution in [3.63, 3.8) is 0 Å². The summed E-state index contributed by atoms with van der Waals surface area (Å²) >= 11 is 0. The molecular weight excluding hydrogens is 267 g/mol. The maximum absolute atomic E-state index is 13.6. The van der Waals surface area contributed by atoms with Crippen LogP contribution in [0.5, 0.6) is 11.5 Å². The van der Waals surface area contributed by atoms with Crippen molar-refractivity contribution in [3.05, 3.63) is 59.4 Å². The van der Waals surface area contributed by atoms with Crippen LogP contribution in [0.15, 0.2) is 42.5 Å². The lowest BCUT2D eigenvalue weighted by atomic mass is 10.1. The monoisotopic (exact) mass is 284 g/mol. The standard InChI is InChI=1S/C17H17FN2O/c1-3-20-12(2)13-7-4-5-9-16(13)21-17-10-6-8-15(18)14(17)11-19/h4-10,12,20H,3H2,1-2H3. The molecule has 0 amide bonds. The van der Waals surface area contributed by atoms with Crippen LogP contribution >= 0.6 is 0 Å². The highest BCUT2D eigenvalue weighted by molar-refractivity contribution is 5.47. The molecule has 0 aliphatic carbocycles. The summed E-state index contributed by atoms with van der Waals surface area (Å²) in [5, 5.41) is 12.4. The average molecular weight is 284 g/mol. The third kappa shape index (κ3) is 3.39. The Bertz CT molecular complexity index is 664. The van der Waals surface area contributed by atoms with Crippen molar-refractivity contribution in [2.24, 2.45) is 0 Å². The van der Waals surface area contributed by atoms with E-state index < -0.39 is 5.82 Å². The minimum atomic E-state index is -0.577. The summed E-state index contributed by atoms with van der Waals surface area (Å²) in [6.45, 7) is 4.89. The highest BCUT2D eigenvalue weighted by Gasteiger charge is 2.14. The van der Waals surface area contributed by atoms with Gasteiger partial charge in [-0.2, -0.15) is 5.26 Å². The van der Waals surface area contributed by atoms with Crippen LogP contribution in [-0.4, -0.2) is 6.54 Å². The first kappa shape index (κ1) is 15.0. The van der Waals surface area contributed by atoms with E-state index in [1.54, 1.807) is 6.07 Å². The highest BCUT2D eigenvalue weighted by atomic mass is 19.1. The zero-order valence-electron chi connectivity index (χ0n) is 12.1. The van der Waals surface area contributed by atoms with E-state index in [-0.39, 0.29) is 17.4 Å². The second kappa shape index (κ2) is 6.87. The molecule has 0 fully saturated rings. The molecule has 0 spiro atoms. The average Bonchev–Trinajstić information content (AvgIpc) is 2.48. The Labute approximate surface area is 124 Å². The first-order valence-electron chi connectivity index (χ1n) is 6.86. The van der Waals surface area contributed by atoms with Gasteiger partial charge in [0, 0.05) is 11.6 Å². The van der Waals surface area contributed by atoms with E-state index in [0.717, 1.165) is 12.1 Å². The van der Waals surface area contributed by atoms with Gasteiger partial charge in [0.05, 0.1) is 0 Å². The molecule has 2 aromatic carbocycles. The number of rotatable bonds is 5. The van der Waals surface area contributed by atoms with Gasteiger partial charge in [-0.05, 0) is 31.7 Å². The van der Waals surface area contributed by atoms with Crippen LogP contribution in [0.4, 0.5) is 4.39 Å². The van der Waals surface area contributed by atoms with Gasteiger partial charge in [-0.25, -0.2) is 4.39 Å². The molecule has 4 heteroatoms. The molecule has 1 N–H and O–H groups in total.